The number of hydrogen-bond acceptors (Lipinski definition) is 4. The number of benzene rings is 1. The number of carbonyl (C=O) groups excluding carboxylic acids is 1. The van der Waals surface area contributed by atoms with Crippen LogP contribution in [-0.4, -0.2) is 26.2 Å². The average molecular weight is 390 g/mol. The molecule has 146 valence electrons. The number of nitrogens with zero attached hydrogens (tertiary/aromatic N) is 3. The molecule has 1 atom stereocenters. The zero-order chi connectivity index (χ0) is 20.4. The highest BCUT2D eigenvalue weighted by Crippen LogP contribution is 2.29. The van der Waals surface area contributed by atoms with Crippen LogP contribution >= 0.6 is 0 Å². The number of pyridine rings is 2. The number of hydrogen-bond donors (Lipinski definition) is 3. The van der Waals surface area contributed by atoms with Gasteiger partial charge in [-0.15, -0.1) is 0 Å². The highest BCUT2D eigenvalue weighted by molar-refractivity contribution is 5.97. The van der Waals surface area contributed by atoms with Crippen molar-refractivity contribution in [3.63, 3.8) is 0 Å². The molecule has 1 aromatic carbocycles. The zero-order valence-corrected chi connectivity index (χ0v) is 15.9. The van der Waals surface area contributed by atoms with Crippen LogP contribution in [0.4, 0.5) is 15.0 Å². The van der Waals surface area contributed by atoms with Gasteiger partial charge in [0, 0.05) is 29.3 Å². The molecule has 3 aromatic heterocycles. The van der Waals surface area contributed by atoms with Gasteiger partial charge >= 0.3 is 6.03 Å². The van der Waals surface area contributed by atoms with E-state index in [1.54, 1.807) is 12.1 Å². The van der Waals surface area contributed by atoms with Gasteiger partial charge in [0.05, 0.1) is 17.3 Å². The van der Waals surface area contributed by atoms with Gasteiger partial charge < -0.3 is 5.32 Å². The molecular formula is C21H19FN6O. The average Bonchev–Trinajstić information content (AvgIpc) is 3.13. The molecule has 7 nitrogen and oxygen atoms in total. The van der Waals surface area contributed by atoms with E-state index in [1.807, 2.05) is 44.2 Å². The van der Waals surface area contributed by atoms with Crippen LogP contribution in [0.1, 0.15) is 24.2 Å². The highest BCUT2D eigenvalue weighted by atomic mass is 19.1. The summed E-state index contributed by atoms with van der Waals surface area (Å²) in [4.78, 5) is 20.4. The van der Waals surface area contributed by atoms with E-state index in [0.717, 1.165) is 10.9 Å². The molecule has 0 bridgehead atoms. The zero-order valence-electron chi connectivity index (χ0n) is 15.9. The largest absolute Gasteiger partial charge is 0.331 e. The molecule has 8 heteroatoms. The summed E-state index contributed by atoms with van der Waals surface area (Å²) in [5.74, 6) is -0.185. The van der Waals surface area contributed by atoms with Crippen LogP contribution in [0.5, 0.6) is 0 Å². The topological polar surface area (TPSA) is 95.6 Å². The summed E-state index contributed by atoms with van der Waals surface area (Å²) in [6, 6.07) is 13.9. The fraction of sp³-hybridized carbons (Fsp3) is 0.143. The van der Waals surface area contributed by atoms with Crippen LogP contribution in [0.3, 0.4) is 0 Å². The number of urea groups is 1. The smallest absolute Gasteiger partial charge is 0.320 e. The molecule has 0 radical (unpaired) electrons. The molecule has 0 saturated heterocycles. The van der Waals surface area contributed by atoms with E-state index < -0.39 is 5.95 Å². The Kier molecular flexibility index (Phi) is 4.90. The van der Waals surface area contributed by atoms with Gasteiger partial charge in [-0.25, -0.2) is 14.8 Å². The number of fused-ring (bicyclic) bond motifs is 1. The SMILES string of the molecule is Cc1nc(NC(=O)N[C@H](C)c2ccccc2)cc2[nH]nc(-c3ccnc(F)c3)c12. The first kappa shape index (κ1) is 18.5. The monoisotopic (exact) mass is 390 g/mol. The van der Waals surface area contributed by atoms with Crippen molar-refractivity contribution < 1.29 is 9.18 Å². The molecule has 4 aromatic rings. The van der Waals surface area contributed by atoms with Gasteiger partial charge in [0.2, 0.25) is 5.95 Å². The number of anilines is 1. The molecule has 4 rings (SSSR count). The fourth-order valence-electron chi connectivity index (χ4n) is 3.23. The number of nitrogens with one attached hydrogen (secondary N) is 3. The summed E-state index contributed by atoms with van der Waals surface area (Å²) >= 11 is 0. The molecule has 0 aliphatic carbocycles. The van der Waals surface area contributed by atoms with Gasteiger partial charge in [-0.1, -0.05) is 30.3 Å². The van der Waals surface area contributed by atoms with Crippen molar-refractivity contribution in [2.75, 3.05) is 5.32 Å². The molecule has 0 aliphatic heterocycles. The van der Waals surface area contributed by atoms with Crippen LogP contribution in [0.25, 0.3) is 22.2 Å². The lowest BCUT2D eigenvalue weighted by molar-refractivity contribution is 0.249. The lowest BCUT2D eigenvalue weighted by Crippen LogP contribution is -2.31. The summed E-state index contributed by atoms with van der Waals surface area (Å²) < 4.78 is 13.5. The molecule has 0 fully saturated rings. The summed E-state index contributed by atoms with van der Waals surface area (Å²) in [6.07, 6.45) is 1.39. The number of aromatic amines is 1. The number of aryl methyl sites for hydroxylation is 1. The number of halogens is 1. The van der Waals surface area contributed by atoms with E-state index in [0.29, 0.717) is 28.3 Å². The molecule has 0 aliphatic rings. The molecule has 3 N–H and O–H groups in total. The van der Waals surface area contributed by atoms with Gasteiger partial charge in [0.25, 0.3) is 0 Å². The molecule has 0 saturated carbocycles. The number of rotatable bonds is 4. The minimum Gasteiger partial charge on any atom is -0.331 e. The van der Waals surface area contributed by atoms with Crippen molar-refractivity contribution in [2.24, 2.45) is 0 Å². The van der Waals surface area contributed by atoms with Gasteiger partial charge in [0.15, 0.2) is 0 Å². The number of carbonyl (C=O) groups is 1. The van der Waals surface area contributed by atoms with Crippen molar-refractivity contribution in [1.29, 1.82) is 0 Å². The normalized spacial score (nSPS) is 12.0. The minimum absolute atomic E-state index is 0.152. The van der Waals surface area contributed by atoms with E-state index in [-0.39, 0.29) is 12.1 Å². The third kappa shape index (κ3) is 3.91. The van der Waals surface area contributed by atoms with Gasteiger partial charge in [-0.05, 0) is 25.5 Å². The Balaban J connectivity index is 1.56. The van der Waals surface area contributed by atoms with Crippen molar-refractivity contribution in [2.45, 2.75) is 19.9 Å². The molecule has 2 amide bonds. The summed E-state index contributed by atoms with van der Waals surface area (Å²) in [5.41, 5.74) is 3.54. The van der Waals surface area contributed by atoms with Gasteiger partial charge in [-0.2, -0.15) is 9.49 Å². The van der Waals surface area contributed by atoms with E-state index in [2.05, 4.69) is 30.8 Å². The van der Waals surface area contributed by atoms with E-state index in [9.17, 15) is 9.18 Å². The molecule has 0 unspecified atom stereocenters. The Hall–Kier alpha value is -3.81. The number of amides is 2. The first-order valence-corrected chi connectivity index (χ1v) is 9.11. The predicted molar refractivity (Wildman–Crippen MR) is 109 cm³/mol. The second-order valence-corrected chi connectivity index (χ2v) is 6.69. The quantitative estimate of drug-likeness (QED) is 0.452. The van der Waals surface area contributed by atoms with Crippen LogP contribution in [-0.2, 0) is 0 Å². The van der Waals surface area contributed by atoms with Crippen LogP contribution < -0.4 is 10.6 Å². The van der Waals surface area contributed by atoms with Crippen LogP contribution in [0.15, 0.2) is 54.7 Å². The molecule has 0 spiro atoms. The number of H-pyrrole nitrogens is 1. The molecular weight excluding hydrogens is 371 g/mol. The second kappa shape index (κ2) is 7.67. The fourth-order valence-corrected chi connectivity index (χ4v) is 3.23. The van der Waals surface area contributed by atoms with E-state index in [4.69, 9.17) is 0 Å². The first-order chi connectivity index (χ1) is 14.0. The Morgan fingerprint density at radius 1 is 1.17 bits per heavy atom. The Morgan fingerprint density at radius 2 is 1.97 bits per heavy atom. The third-order valence-corrected chi connectivity index (χ3v) is 4.61. The van der Waals surface area contributed by atoms with Crippen molar-refractivity contribution >= 4 is 22.8 Å². The van der Waals surface area contributed by atoms with Gasteiger partial charge in [-0.3, -0.25) is 10.4 Å². The Morgan fingerprint density at radius 3 is 2.72 bits per heavy atom. The van der Waals surface area contributed by atoms with E-state index in [1.165, 1.54) is 12.3 Å². The van der Waals surface area contributed by atoms with Crippen molar-refractivity contribution in [1.82, 2.24) is 25.5 Å². The third-order valence-electron chi connectivity index (χ3n) is 4.61. The lowest BCUT2D eigenvalue weighted by Gasteiger charge is -2.15. The van der Waals surface area contributed by atoms with Crippen molar-refractivity contribution in [3.05, 3.63) is 71.9 Å². The lowest BCUT2D eigenvalue weighted by atomic mass is 10.1. The highest BCUT2D eigenvalue weighted by Gasteiger charge is 2.15. The number of aromatic nitrogens is 4. The minimum atomic E-state index is -0.577. The summed E-state index contributed by atoms with van der Waals surface area (Å²) in [6.45, 7) is 3.72. The first-order valence-electron chi connectivity index (χ1n) is 9.11. The standard InChI is InChI=1S/C21H19FN6O/c1-12(14-6-4-3-5-7-14)25-21(29)26-18-11-16-19(13(2)24-18)20(28-27-16)15-8-9-23-17(22)10-15/h3-12H,1-2H3,(H,27,28)(H2,24,25,26,29)/t12-/m1/s1. The maximum absolute atomic E-state index is 13.5. The molecule has 3 heterocycles. The molecule has 29 heavy (non-hydrogen) atoms. The maximum atomic E-state index is 13.5. The Labute approximate surface area is 166 Å². The second-order valence-electron chi connectivity index (χ2n) is 6.69. The van der Waals surface area contributed by atoms with E-state index >= 15 is 0 Å². The Bertz CT molecular complexity index is 1170. The summed E-state index contributed by atoms with van der Waals surface area (Å²) in [7, 11) is 0. The van der Waals surface area contributed by atoms with Crippen molar-refractivity contribution in [3.8, 4) is 11.3 Å². The maximum Gasteiger partial charge on any atom is 0.320 e. The predicted octanol–water partition coefficient (Wildman–Crippen LogP) is 4.35. The van der Waals surface area contributed by atoms with Crippen LogP contribution in [0.2, 0.25) is 0 Å². The van der Waals surface area contributed by atoms with Gasteiger partial charge in [0.1, 0.15) is 11.5 Å². The summed E-state index contributed by atoms with van der Waals surface area (Å²) in [5, 5.41) is 13.6. The van der Waals surface area contributed by atoms with Crippen LogP contribution in [0, 0.1) is 12.9 Å².